The van der Waals surface area contributed by atoms with Gasteiger partial charge in [0.15, 0.2) is 0 Å². The largest absolute Gasteiger partial charge is 0.497 e. The van der Waals surface area contributed by atoms with Crippen molar-refractivity contribution in [3.63, 3.8) is 0 Å². The van der Waals surface area contributed by atoms with Gasteiger partial charge in [0.2, 0.25) is 11.8 Å². The Hall–Kier alpha value is -4.24. The van der Waals surface area contributed by atoms with Crippen LogP contribution in [0.2, 0.25) is 0 Å². The monoisotopic (exact) mass is 540 g/mol. The Kier molecular flexibility index (Phi) is 6.75. The lowest BCUT2D eigenvalue weighted by Gasteiger charge is -2.47. The Morgan fingerprint density at radius 2 is 1.65 bits per heavy atom. The summed E-state index contributed by atoms with van der Waals surface area (Å²) in [7, 11) is 1.58. The zero-order valence-electron chi connectivity index (χ0n) is 22.4. The number of aromatic nitrogens is 1. The smallest absolute Gasteiger partial charge is 0.331 e. The fourth-order valence-electron chi connectivity index (χ4n) is 6.59. The highest BCUT2D eigenvalue weighted by Gasteiger charge is 2.55. The molecule has 2 bridgehead atoms. The molecule has 3 atom stereocenters. The van der Waals surface area contributed by atoms with Crippen LogP contribution in [0.5, 0.6) is 5.75 Å². The van der Waals surface area contributed by atoms with Crippen LogP contribution in [0, 0.1) is 11.3 Å². The summed E-state index contributed by atoms with van der Waals surface area (Å²) in [6, 6.07) is 21.3. The SMILES string of the molecule is COc1ccc(C[C@]2(CN3C[C@@H]4C[C@H](C3)c3cccc(=O)n3C4)C(=O)NC(=O)N(Cc3ccccc3)C2=O)cc1. The maximum atomic E-state index is 14.3. The van der Waals surface area contributed by atoms with E-state index in [4.69, 9.17) is 4.74 Å². The number of fused-ring (bicyclic) bond motifs is 4. The van der Waals surface area contributed by atoms with Crippen molar-refractivity contribution >= 4 is 17.8 Å². The van der Waals surface area contributed by atoms with Crippen LogP contribution in [0.4, 0.5) is 4.79 Å². The average molecular weight is 541 g/mol. The summed E-state index contributed by atoms with van der Waals surface area (Å²) < 4.78 is 7.16. The van der Waals surface area contributed by atoms with Crippen molar-refractivity contribution in [2.24, 2.45) is 11.3 Å². The predicted octanol–water partition coefficient (Wildman–Crippen LogP) is 2.78. The third-order valence-electron chi connectivity index (χ3n) is 8.45. The zero-order valence-corrected chi connectivity index (χ0v) is 22.4. The van der Waals surface area contributed by atoms with Crippen LogP contribution in [-0.4, -0.2) is 59.0 Å². The van der Waals surface area contributed by atoms with Gasteiger partial charge in [-0.05, 0) is 48.1 Å². The van der Waals surface area contributed by atoms with Gasteiger partial charge in [0.1, 0.15) is 11.2 Å². The van der Waals surface area contributed by atoms with Crippen LogP contribution in [0.3, 0.4) is 0 Å². The molecule has 6 rings (SSSR count). The molecular weight excluding hydrogens is 508 g/mol. The molecule has 3 aliphatic rings. The van der Waals surface area contributed by atoms with Gasteiger partial charge in [-0.3, -0.25) is 24.6 Å². The minimum Gasteiger partial charge on any atom is -0.497 e. The van der Waals surface area contributed by atoms with Gasteiger partial charge in [-0.25, -0.2) is 4.79 Å². The van der Waals surface area contributed by atoms with Crippen LogP contribution in [-0.2, 0) is 29.1 Å². The van der Waals surface area contributed by atoms with Crippen molar-refractivity contribution in [2.45, 2.75) is 31.8 Å². The molecular formula is C31H32N4O5. The summed E-state index contributed by atoms with van der Waals surface area (Å²) in [5, 5.41) is 2.51. The molecule has 0 saturated carbocycles. The minimum absolute atomic E-state index is 0.00790. The molecule has 4 heterocycles. The predicted molar refractivity (Wildman–Crippen MR) is 148 cm³/mol. The first-order valence-electron chi connectivity index (χ1n) is 13.6. The van der Waals surface area contributed by atoms with Crippen LogP contribution in [0.1, 0.15) is 29.2 Å². The average Bonchev–Trinajstić information content (AvgIpc) is 2.96. The van der Waals surface area contributed by atoms with E-state index in [-0.39, 0.29) is 36.9 Å². The van der Waals surface area contributed by atoms with Gasteiger partial charge in [-0.2, -0.15) is 0 Å². The molecule has 206 valence electrons. The molecule has 2 saturated heterocycles. The van der Waals surface area contributed by atoms with E-state index in [1.807, 2.05) is 53.1 Å². The van der Waals surface area contributed by atoms with Crippen molar-refractivity contribution < 1.29 is 19.1 Å². The van der Waals surface area contributed by atoms with Crippen LogP contribution in [0.25, 0.3) is 0 Å². The molecule has 9 nitrogen and oxygen atoms in total. The van der Waals surface area contributed by atoms with Crippen molar-refractivity contribution in [1.29, 1.82) is 0 Å². The standard InChI is InChI=1S/C31H32N4O5/c1-40-25-12-10-21(11-13-25)15-31(28(37)32-30(39)35(29(31)38)17-22-6-3-2-4-7-22)20-33-16-23-14-24(19-33)26-8-5-9-27(36)34(26)18-23/h2-13,23-24H,14-20H2,1H3,(H,32,37,39)/t23-,24+,31-/m0/s1. The molecule has 0 aliphatic carbocycles. The quantitative estimate of drug-likeness (QED) is 0.463. The highest BCUT2D eigenvalue weighted by Crippen LogP contribution is 2.38. The van der Waals surface area contributed by atoms with E-state index in [0.29, 0.717) is 25.4 Å². The number of carbonyl (C=O) groups is 3. The number of imide groups is 2. The number of pyridine rings is 1. The second-order valence-electron chi connectivity index (χ2n) is 11.1. The van der Waals surface area contributed by atoms with E-state index < -0.39 is 23.3 Å². The number of likely N-dealkylation sites (tertiary alicyclic amines) is 1. The Morgan fingerprint density at radius 1 is 0.875 bits per heavy atom. The number of piperidine rings is 1. The number of barbiturate groups is 1. The molecule has 3 aromatic rings. The second-order valence-corrected chi connectivity index (χ2v) is 11.1. The van der Waals surface area contributed by atoms with E-state index >= 15 is 0 Å². The van der Waals surface area contributed by atoms with E-state index in [1.54, 1.807) is 31.4 Å². The Bertz CT molecular complexity index is 1500. The van der Waals surface area contributed by atoms with Gasteiger partial charge in [0.25, 0.3) is 5.56 Å². The van der Waals surface area contributed by atoms with Crippen molar-refractivity contribution in [3.8, 4) is 5.75 Å². The third-order valence-corrected chi connectivity index (χ3v) is 8.45. The Morgan fingerprint density at radius 3 is 2.40 bits per heavy atom. The molecule has 1 N–H and O–H groups in total. The molecule has 0 unspecified atom stereocenters. The number of urea groups is 1. The molecule has 4 amide bonds. The maximum absolute atomic E-state index is 14.3. The van der Waals surface area contributed by atoms with Gasteiger partial charge in [-0.1, -0.05) is 48.5 Å². The Labute approximate surface area is 232 Å². The molecule has 9 heteroatoms. The second kappa shape index (κ2) is 10.4. The van der Waals surface area contributed by atoms with Gasteiger partial charge >= 0.3 is 6.03 Å². The van der Waals surface area contributed by atoms with Crippen LogP contribution in [0.15, 0.2) is 77.6 Å². The molecule has 2 fully saturated rings. The number of ether oxygens (including phenoxy) is 1. The number of nitrogens with zero attached hydrogens (tertiary/aromatic N) is 3. The normalized spacial score (nSPS) is 24.4. The topological polar surface area (TPSA) is 101 Å². The first-order chi connectivity index (χ1) is 19.4. The minimum atomic E-state index is -1.50. The number of hydrogen-bond donors (Lipinski definition) is 1. The fourth-order valence-corrected chi connectivity index (χ4v) is 6.59. The number of nitrogens with one attached hydrogen (secondary N) is 1. The summed E-state index contributed by atoms with van der Waals surface area (Å²) in [4.78, 5) is 56.9. The summed E-state index contributed by atoms with van der Waals surface area (Å²) >= 11 is 0. The fraction of sp³-hybridized carbons (Fsp3) is 0.355. The lowest BCUT2D eigenvalue weighted by Crippen LogP contribution is -2.67. The van der Waals surface area contributed by atoms with E-state index in [9.17, 15) is 19.2 Å². The number of hydrogen-bond acceptors (Lipinski definition) is 6. The summed E-state index contributed by atoms with van der Waals surface area (Å²) in [5.41, 5.74) is 1.10. The van der Waals surface area contributed by atoms with Crippen molar-refractivity contribution in [3.05, 3.63) is 100.0 Å². The van der Waals surface area contributed by atoms with Gasteiger partial charge in [0.05, 0.1) is 13.7 Å². The van der Waals surface area contributed by atoms with Crippen molar-refractivity contribution in [1.82, 2.24) is 19.7 Å². The van der Waals surface area contributed by atoms with Gasteiger partial charge in [0, 0.05) is 43.9 Å². The first-order valence-corrected chi connectivity index (χ1v) is 13.6. The highest BCUT2D eigenvalue weighted by molar-refractivity contribution is 6.19. The van der Waals surface area contributed by atoms with Gasteiger partial charge in [-0.15, -0.1) is 0 Å². The van der Waals surface area contributed by atoms with Crippen LogP contribution >= 0.6 is 0 Å². The lowest BCUT2D eigenvalue weighted by atomic mass is 9.75. The number of methoxy groups -OCH3 is 1. The molecule has 0 spiro atoms. The van der Waals surface area contributed by atoms with Crippen LogP contribution < -0.4 is 15.6 Å². The molecule has 0 radical (unpaired) electrons. The molecule has 1 aromatic heterocycles. The van der Waals surface area contributed by atoms with E-state index in [0.717, 1.165) is 23.2 Å². The Balaban J connectivity index is 1.34. The molecule has 3 aliphatic heterocycles. The van der Waals surface area contributed by atoms with Gasteiger partial charge < -0.3 is 14.2 Å². The summed E-state index contributed by atoms with van der Waals surface area (Å²) in [6.45, 7) is 2.15. The lowest BCUT2D eigenvalue weighted by molar-refractivity contribution is -0.154. The number of rotatable bonds is 7. The number of carbonyl (C=O) groups excluding carboxylic acids is 3. The third kappa shape index (κ3) is 4.70. The first kappa shape index (κ1) is 26.0. The van der Waals surface area contributed by atoms with E-state index in [2.05, 4.69) is 10.2 Å². The summed E-state index contributed by atoms with van der Waals surface area (Å²) in [6.07, 6.45) is 1.10. The summed E-state index contributed by atoms with van der Waals surface area (Å²) in [5.74, 6) is -0.0319. The van der Waals surface area contributed by atoms with E-state index in [1.165, 1.54) is 4.90 Å². The molecule has 2 aromatic carbocycles. The highest BCUT2D eigenvalue weighted by atomic mass is 16.5. The zero-order chi connectivity index (χ0) is 27.9. The van der Waals surface area contributed by atoms with Crippen molar-refractivity contribution in [2.75, 3.05) is 26.7 Å². The number of benzene rings is 2. The molecule has 40 heavy (non-hydrogen) atoms. The maximum Gasteiger partial charge on any atom is 0.331 e. The number of amides is 4.